The van der Waals surface area contributed by atoms with Gasteiger partial charge in [0.05, 0.1) is 25.0 Å². The first-order valence-electron chi connectivity index (χ1n) is 5.96. The van der Waals surface area contributed by atoms with Crippen molar-refractivity contribution < 1.29 is 14.3 Å². The molecule has 0 radical (unpaired) electrons. The van der Waals surface area contributed by atoms with Gasteiger partial charge in [0.25, 0.3) is 11.7 Å². The molecule has 1 amide bonds. The number of anilines is 1. The lowest BCUT2D eigenvalue weighted by Gasteiger charge is -2.32. The molecule has 2 aliphatic heterocycles. The fourth-order valence-electron chi connectivity index (χ4n) is 2.45. The van der Waals surface area contributed by atoms with Crippen molar-refractivity contribution in [2.24, 2.45) is 0 Å². The van der Waals surface area contributed by atoms with Crippen molar-refractivity contribution >= 4 is 23.2 Å². The van der Waals surface area contributed by atoms with Gasteiger partial charge >= 0.3 is 0 Å². The van der Waals surface area contributed by atoms with Crippen LogP contribution >= 0.6 is 11.6 Å². The van der Waals surface area contributed by atoms with E-state index in [0.29, 0.717) is 29.5 Å². The fourth-order valence-corrected chi connectivity index (χ4v) is 2.61. The van der Waals surface area contributed by atoms with Gasteiger partial charge in [0.15, 0.2) is 0 Å². The lowest BCUT2D eigenvalue weighted by atomic mass is 10.1. The van der Waals surface area contributed by atoms with E-state index < -0.39 is 5.79 Å². The van der Waals surface area contributed by atoms with Gasteiger partial charge in [0.2, 0.25) is 0 Å². The van der Waals surface area contributed by atoms with Crippen molar-refractivity contribution in [1.29, 1.82) is 5.26 Å². The highest BCUT2D eigenvalue weighted by atomic mass is 35.5. The summed E-state index contributed by atoms with van der Waals surface area (Å²) in [5.74, 6) is -1.75. The number of benzene rings is 1. The van der Waals surface area contributed by atoms with Crippen LogP contribution in [0.15, 0.2) is 18.2 Å². The zero-order chi connectivity index (χ0) is 13.5. The Kier molecular flexibility index (Phi) is 2.94. The molecule has 98 valence electrons. The highest BCUT2D eigenvalue weighted by Crippen LogP contribution is 2.45. The maximum absolute atomic E-state index is 12.5. The predicted octanol–water partition coefficient (Wildman–Crippen LogP) is 1.80. The zero-order valence-corrected chi connectivity index (χ0v) is 10.8. The van der Waals surface area contributed by atoms with Gasteiger partial charge in [-0.3, -0.25) is 9.69 Å². The van der Waals surface area contributed by atoms with Gasteiger partial charge in [0, 0.05) is 10.6 Å². The molecule has 1 saturated heterocycles. The molecule has 1 aromatic carbocycles. The molecule has 2 heterocycles. The molecule has 5 nitrogen and oxygen atoms in total. The number of halogens is 1. The van der Waals surface area contributed by atoms with Gasteiger partial charge in [-0.2, -0.15) is 5.26 Å². The van der Waals surface area contributed by atoms with E-state index in [-0.39, 0.29) is 12.5 Å². The number of rotatable bonds is 1. The van der Waals surface area contributed by atoms with Crippen LogP contribution in [0.1, 0.15) is 12.0 Å². The number of hydrogen-bond donors (Lipinski definition) is 0. The summed E-state index contributed by atoms with van der Waals surface area (Å²) in [6.07, 6.45) is 0.746. The molecular weight excluding hydrogens is 268 g/mol. The van der Waals surface area contributed by atoms with Crippen LogP contribution in [0.2, 0.25) is 5.02 Å². The molecule has 3 rings (SSSR count). The Morgan fingerprint density at radius 3 is 2.84 bits per heavy atom. The second-order valence-electron chi connectivity index (χ2n) is 4.38. The molecule has 0 N–H and O–H groups in total. The number of fused-ring (bicyclic) bond motifs is 2. The number of carbonyl (C=O) groups is 1. The lowest BCUT2D eigenvalue weighted by Crippen LogP contribution is -2.47. The minimum absolute atomic E-state index is 0.0549. The van der Waals surface area contributed by atoms with Gasteiger partial charge in [-0.05, 0) is 24.6 Å². The van der Waals surface area contributed by atoms with Gasteiger partial charge in [-0.15, -0.1) is 0 Å². The minimum atomic E-state index is -1.39. The van der Waals surface area contributed by atoms with E-state index in [4.69, 9.17) is 26.3 Å². The maximum Gasteiger partial charge on any atom is 0.293 e. The molecule has 0 bridgehead atoms. The molecule has 0 saturated carbocycles. The first-order chi connectivity index (χ1) is 9.19. The minimum Gasteiger partial charge on any atom is -0.338 e. The Hall–Kier alpha value is -1.61. The predicted molar refractivity (Wildman–Crippen MR) is 67.6 cm³/mol. The van der Waals surface area contributed by atoms with E-state index in [1.807, 2.05) is 6.07 Å². The first-order valence-corrected chi connectivity index (χ1v) is 6.34. The van der Waals surface area contributed by atoms with E-state index in [1.165, 1.54) is 4.90 Å². The van der Waals surface area contributed by atoms with Crippen molar-refractivity contribution in [3.8, 4) is 6.07 Å². The summed E-state index contributed by atoms with van der Waals surface area (Å²) in [6, 6.07) is 7.04. The monoisotopic (exact) mass is 278 g/mol. The Morgan fingerprint density at radius 2 is 2.16 bits per heavy atom. The molecule has 0 aromatic heterocycles. The van der Waals surface area contributed by atoms with Gasteiger partial charge in [-0.1, -0.05) is 11.6 Å². The molecule has 0 aliphatic carbocycles. The summed E-state index contributed by atoms with van der Waals surface area (Å²) in [6.45, 7) is 0.850. The topological polar surface area (TPSA) is 62.6 Å². The maximum atomic E-state index is 12.5. The molecule has 19 heavy (non-hydrogen) atoms. The summed E-state index contributed by atoms with van der Waals surface area (Å²) >= 11 is 5.96. The summed E-state index contributed by atoms with van der Waals surface area (Å²) in [5, 5.41) is 9.37. The molecule has 1 spiro atoms. The summed E-state index contributed by atoms with van der Waals surface area (Å²) in [4.78, 5) is 13.9. The van der Waals surface area contributed by atoms with Crippen molar-refractivity contribution in [1.82, 2.24) is 0 Å². The third kappa shape index (κ3) is 1.72. The third-order valence-corrected chi connectivity index (χ3v) is 3.50. The van der Waals surface area contributed by atoms with E-state index >= 15 is 0 Å². The van der Waals surface area contributed by atoms with E-state index in [2.05, 4.69) is 0 Å². The highest BCUT2D eigenvalue weighted by molar-refractivity contribution is 6.31. The number of amides is 1. The normalized spacial score (nSPS) is 20.4. The molecule has 6 heteroatoms. The summed E-state index contributed by atoms with van der Waals surface area (Å²) < 4.78 is 11.2. The van der Waals surface area contributed by atoms with Crippen LogP contribution in [-0.2, 0) is 20.1 Å². The van der Waals surface area contributed by atoms with E-state index in [9.17, 15) is 4.79 Å². The van der Waals surface area contributed by atoms with Crippen LogP contribution in [0.4, 0.5) is 5.69 Å². The Morgan fingerprint density at radius 1 is 1.42 bits per heavy atom. The molecule has 2 aliphatic rings. The zero-order valence-electron chi connectivity index (χ0n) is 10.1. The fraction of sp³-hybridized carbons (Fsp3) is 0.385. The second-order valence-corrected chi connectivity index (χ2v) is 4.81. The SMILES string of the molecule is N#CCN1C(=O)C2(OCCCO2)c2ccc(Cl)cc21. The van der Waals surface area contributed by atoms with Crippen molar-refractivity contribution in [3.63, 3.8) is 0 Å². The Bertz CT molecular complexity index is 576. The quantitative estimate of drug-likeness (QED) is 0.735. The molecule has 1 aromatic rings. The first kappa shape index (κ1) is 12.4. The van der Waals surface area contributed by atoms with E-state index in [1.54, 1.807) is 18.2 Å². The molecule has 1 fully saturated rings. The van der Waals surface area contributed by atoms with Crippen LogP contribution in [-0.4, -0.2) is 25.7 Å². The van der Waals surface area contributed by atoms with Crippen LogP contribution in [0, 0.1) is 11.3 Å². The van der Waals surface area contributed by atoms with Crippen molar-refractivity contribution in [2.75, 3.05) is 24.7 Å². The van der Waals surface area contributed by atoms with Gasteiger partial charge < -0.3 is 9.47 Å². The number of nitriles is 1. The lowest BCUT2D eigenvalue weighted by molar-refractivity contribution is -0.256. The van der Waals surface area contributed by atoms with Gasteiger partial charge in [-0.25, -0.2) is 0 Å². The molecule has 0 unspecified atom stereocenters. The smallest absolute Gasteiger partial charge is 0.293 e. The largest absolute Gasteiger partial charge is 0.338 e. The highest BCUT2D eigenvalue weighted by Gasteiger charge is 2.54. The number of nitrogens with zero attached hydrogens (tertiary/aromatic N) is 2. The summed E-state index contributed by atoms with van der Waals surface area (Å²) in [7, 11) is 0. The molecular formula is C13H11ClN2O3. The number of carbonyl (C=O) groups excluding carboxylic acids is 1. The van der Waals surface area contributed by atoms with Crippen LogP contribution in [0.5, 0.6) is 0 Å². The van der Waals surface area contributed by atoms with Crippen molar-refractivity contribution in [2.45, 2.75) is 12.2 Å². The number of ether oxygens (including phenoxy) is 2. The average molecular weight is 279 g/mol. The summed E-state index contributed by atoms with van der Waals surface area (Å²) in [5.41, 5.74) is 1.21. The van der Waals surface area contributed by atoms with Crippen LogP contribution < -0.4 is 4.90 Å². The average Bonchev–Trinajstić information content (AvgIpc) is 2.63. The number of hydrogen-bond acceptors (Lipinski definition) is 4. The Labute approximate surface area is 115 Å². The van der Waals surface area contributed by atoms with Crippen LogP contribution in [0.25, 0.3) is 0 Å². The Balaban J connectivity index is 2.14. The molecule has 0 atom stereocenters. The van der Waals surface area contributed by atoms with E-state index in [0.717, 1.165) is 6.42 Å². The van der Waals surface area contributed by atoms with Crippen molar-refractivity contribution in [3.05, 3.63) is 28.8 Å². The third-order valence-electron chi connectivity index (χ3n) is 3.26. The second kappa shape index (κ2) is 4.49. The van der Waals surface area contributed by atoms with Gasteiger partial charge in [0.1, 0.15) is 6.54 Å². The standard InChI is InChI=1S/C13H11ClN2O3/c14-9-2-3-10-11(8-9)16(5-4-15)12(17)13(10)18-6-1-7-19-13/h2-3,8H,1,5-7H2. The van der Waals surface area contributed by atoms with Crippen LogP contribution in [0.3, 0.4) is 0 Å².